The van der Waals surface area contributed by atoms with E-state index >= 15 is 0 Å². The van der Waals surface area contributed by atoms with Crippen LogP contribution in [0.3, 0.4) is 0 Å². The number of rotatable bonds is 4. The molecule has 18 heavy (non-hydrogen) atoms. The first-order valence-corrected chi connectivity index (χ1v) is 6.29. The zero-order valence-electron chi connectivity index (χ0n) is 10.2. The van der Waals surface area contributed by atoms with E-state index in [9.17, 15) is 4.79 Å². The summed E-state index contributed by atoms with van der Waals surface area (Å²) >= 11 is 6.16. The van der Waals surface area contributed by atoms with Crippen LogP contribution in [0.15, 0.2) is 18.2 Å². The fraction of sp³-hybridized carbons (Fsp3) is 0.462. The maximum Gasteiger partial charge on any atom is 0.320 e. The van der Waals surface area contributed by atoms with Crippen molar-refractivity contribution in [2.75, 3.05) is 13.7 Å². The van der Waals surface area contributed by atoms with E-state index in [0.717, 1.165) is 18.5 Å². The van der Waals surface area contributed by atoms with Gasteiger partial charge < -0.3 is 9.84 Å². The molecule has 0 bridgehead atoms. The van der Waals surface area contributed by atoms with Gasteiger partial charge in [-0.05, 0) is 37.1 Å². The number of carbonyl (C=O) groups is 1. The van der Waals surface area contributed by atoms with Crippen molar-refractivity contribution in [1.82, 2.24) is 4.90 Å². The van der Waals surface area contributed by atoms with Crippen LogP contribution in [0.5, 0.6) is 5.75 Å². The highest BCUT2D eigenvalue weighted by molar-refractivity contribution is 6.31. The molecule has 1 atom stereocenters. The zero-order chi connectivity index (χ0) is 13.1. The van der Waals surface area contributed by atoms with Crippen LogP contribution in [0.25, 0.3) is 0 Å². The molecule has 1 aliphatic rings. The summed E-state index contributed by atoms with van der Waals surface area (Å²) in [6, 6.07) is 5.09. The van der Waals surface area contributed by atoms with E-state index < -0.39 is 5.97 Å². The highest BCUT2D eigenvalue weighted by atomic mass is 35.5. The van der Waals surface area contributed by atoms with Gasteiger partial charge in [-0.2, -0.15) is 0 Å². The molecule has 1 heterocycles. The molecule has 0 aliphatic carbocycles. The van der Waals surface area contributed by atoms with Gasteiger partial charge >= 0.3 is 5.97 Å². The van der Waals surface area contributed by atoms with Crippen molar-refractivity contribution in [1.29, 1.82) is 0 Å². The molecular formula is C13H16ClNO3. The minimum Gasteiger partial charge on any atom is -0.497 e. The molecule has 1 saturated heterocycles. The molecule has 0 radical (unpaired) electrons. The number of hydrogen-bond donors (Lipinski definition) is 1. The van der Waals surface area contributed by atoms with Crippen LogP contribution < -0.4 is 4.74 Å². The van der Waals surface area contributed by atoms with Crippen LogP contribution in [-0.4, -0.2) is 35.7 Å². The first kappa shape index (κ1) is 13.2. The highest BCUT2D eigenvalue weighted by Gasteiger charge is 2.30. The number of halogens is 1. The van der Waals surface area contributed by atoms with Gasteiger partial charge in [-0.3, -0.25) is 9.69 Å². The molecule has 1 N–H and O–H groups in total. The maximum absolute atomic E-state index is 11.1. The van der Waals surface area contributed by atoms with Gasteiger partial charge in [0.2, 0.25) is 0 Å². The van der Waals surface area contributed by atoms with Crippen molar-refractivity contribution in [2.24, 2.45) is 0 Å². The van der Waals surface area contributed by atoms with Gasteiger partial charge in [-0.1, -0.05) is 17.7 Å². The second-order valence-electron chi connectivity index (χ2n) is 4.42. The molecule has 1 aromatic carbocycles. The van der Waals surface area contributed by atoms with Gasteiger partial charge in [-0.15, -0.1) is 0 Å². The predicted molar refractivity (Wildman–Crippen MR) is 69.1 cm³/mol. The molecule has 1 fully saturated rings. The normalized spacial score (nSPS) is 20.0. The van der Waals surface area contributed by atoms with E-state index in [1.165, 1.54) is 0 Å². The summed E-state index contributed by atoms with van der Waals surface area (Å²) in [5.41, 5.74) is 0.936. The summed E-state index contributed by atoms with van der Waals surface area (Å²) in [5, 5.41) is 9.73. The summed E-state index contributed by atoms with van der Waals surface area (Å²) in [7, 11) is 1.59. The number of carboxylic acid groups (broad SMARTS) is 1. The lowest BCUT2D eigenvalue weighted by Crippen LogP contribution is -2.35. The molecule has 5 heteroatoms. The Morgan fingerprint density at radius 3 is 3.00 bits per heavy atom. The largest absolute Gasteiger partial charge is 0.497 e. The number of hydrogen-bond acceptors (Lipinski definition) is 3. The van der Waals surface area contributed by atoms with Gasteiger partial charge in [0.15, 0.2) is 0 Å². The fourth-order valence-corrected chi connectivity index (χ4v) is 2.53. The third-order valence-electron chi connectivity index (χ3n) is 3.28. The Labute approximate surface area is 111 Å². The molecule has 4 nitrogen and oxygen atoms in total. The average Bonchev–Trinajstić information content (AvgIpc) is 2.80. The molecule has 2 rings (SSSR count). The van der Waals surface area contributed by atoms with Gasteiger partial charge in [-0.25, -0.2) is 0 Å². The number of likely N-dealkylation sites (tertiary alicyclic amines) is 1. The van der Waals surface area contributed by atoms with Crippen LogP contribution in [0.1, 0.15) is 18.4 Å². The zero-order valence-corrected chi connectivity index (χ0v) is 11.0. The topological polar surface area (TPSA) is 49.8 Å². The Balaban J connectivity index is 2.11. The van der Waals surface area contributed by atoms with E-state index in [4.69, 9.17) is 21.4 Å². The maximum atomic E-state index is 11.1. The summed E-state index contributed by atoms with van der Waals surface area (Å²) in [4.78, 5) is 13.0. The lowest BCUT2D eigenvalue weighted by Gasteiger charge is -2.21. The number of carboxylic acids is 1. The fourth-order valence-electron chi connectivity index (χ4n) is 2.30. The van der Waals surface area contributed by atoms with Crippen molar-refractivity contribution in [3.63, 3.8) is 0 Å². The Hall–Kier alpha value is -1.26. The van der Waals surface area contributed by atoms with Gasteiger partial charge in [0.1, 0.15) is 11.8 Å². The minimum atomic E-state index is -0.753. The van der Waals surface area contributed by atoms with Crippen LogP contribution in [0.4, 0.5) is 0 Å². The summed E-state index contributed by atoms with van der Waals surface area (Å²) in [6.45, 7) is 1.37. The molecule has 98 valence electrons. The van der Waals surface area contributed by atoms with Crippen LogP contribution in [0, 0.1) is 0 Å². The van der Waals surface area contributed by atoms with Crippen LogP contribution in [0.2, 0.25) is 5.02 Å². The molecular weight excluding hydrogens is 254 g/mol. The first-order valence-electron chi connectivity index (χ1n) is 5.91. The van der Waals surface area contributed by atoms with E-state index in [1.54, 1.807) is 13.2 Å². The molecule has 0 unspecified atom stereocenters. The molecule has 0 amide bonds. The van der Waals surface area contributed by atoms with Crippen molar-refractivity contribution in [3.8, 4) is 5.75 Å². The number of methoxy groups -OCH3 is 1. The van der Waals surface area contributed by atoms with Gasteiger partial charge in [0.25, 0.3) is 0 Å². The molecule has 0 spiro atoms. The van der Waals surface area contributed by atoms with E-state index in [1.807, 2.05) is 17.0 Å². The predicted octanol–water partition coefficient (Wildman–Crippen LogP) is 2.40. The molecule has 0 aromatic heterocycles. The van der Waals surface area contributed by atoms with E-state index in [-0.39, 0.29) is 6.04 Å². The Kier molecular flexibility index (Phi) is 4.09. The van der Waals surface area contributed by atoms with Crippen molar-refractivity contribution in [3.05, 3.63) is 28.8 Å². The molecule has 0 saturated carbocycles. The van der Waals surface area contributed by atoms with E-state index in [2.05, 4.69) is 0 Å². The Morgan fingerprint density at radius 1 is 1.61 bits per heavy atom. The number of benzene rings is 1. The standard InChI is InChI=1S/C13H16ClNO3/c1-18-10-5-4-9(11(14)7-10)8-15-6-2-3-12(15)13(16)17/h4-5,7,12H,2-3,6,8H2,1H3,(H,16,17)/t12-/m1/s1. The Morgan fingerprint density at radius 2 is 2.39 bits per heavy atom. The van der Waals surface area contributed by atoms with Crippen LogP contribution >= 0.6 is 11.6 Å². The smallest absolute Gasteiger partial charge is 0.320 e. The van der Waals surface area contributed by atoms with Crippen molar-refractivity contribution in [2.45, 2.75) is 25.4 Å². The summed E-state index contributed by atoms with van der Waals surface area (Å²) in [5.74, 6) is -0.0444. The SMILES string of the molecule is COc1ccc(CN2CCC[C@@H]2C(=O)O)c(Cl)c1. The van der Waals surface area contributed by atoms with Gasteiger partial charge in [0.05, 0.1) is 7.11 Å². The van der Waals surface area contributed by atoms with Crippen molar-refractivity contribution >= 4 is 17.6 Å². The van der Waals surface area contributed by atoms with Crippen molar-refractivity contribution < 1.29 is 14.6 Å². The monoisotopic (exact) mass is 269 g/mol. The molecule has 1 aliphatic heterocycles. The lowest BCUT2D eigenvalue weighted by atomic mass is 10.1. The number of nitrogens with zero attached hydrogens (tertiary/aromatic N) is 1. The highest BCUT2D eigenvalue weighted by Crippen LogP contribution is 2.26. The third kappa shape index (κ3) is 2.76. The first-order chi connectivity index (χ1) is 8.61. The van der Waals surface area contributed by atoms with Gasteiger partial charge in [0, 0.05) is 11.6 Å². The second kappa shape index (κ2) is 5.59. The average molecular weight is 270 g/mol. The second-order valence-corrected chi connectivity index (χ2v) is 4.83. The summed E-state index contributed by atoms with van der Waals surface area (Å²) in [6.07, 6.45) is 1.63. The quantitative estimate of drug-likeness (QED) is 0.912. The number of ether oxygens (including phenoxy) is 1. The minimum absolute atomic E-state index is 0.386. The number of aliphatic carboxylic acids is 1. The van der Waals surface area contributed by atoms with Crippen LogP contribution in [-0.2, 0) is 11.3 Å². The van der Waals surface area contributed by atoms with E-state index in [0.29, 0.717) is 23.7 Å². The Bertz CT molecular complexity index is 450. The third-order valence-corrected chi connectivity index (χ3v) is 3.63. The molecule has 1 aromatic rings. The summed E-state index contributed by atoms with van der Waals surface area (Å²) < 4.78 is 5.09. The lowest BCUT2D eigenvalue weighted by molar-refractivity contribution is -0.142.